The third kappa shape index (κ3) is 2.61. The summed E-state index contributed by atoms with van der Waals surface area (Å²) >= 11 is 0. The monoisotopic (exact) mass is 297 g/mol. The van der Waals surface area contributed by atoms with Gasteiger partial charge in [-0.15, -0.1) is 0 Å². The molecular weight excluding hydrogens is 274 g/mol. The predicted octanol–water partition coefficient (Wildman–Crippen LogP) is 2.52. The lowest BCUT2D eigenvalue weighted by molar-refractivity contribution is 0.462. The topological polar surface area (TPSA) is 67.1 Å². The number of para-hydroxylation sites is 2. The first-order chi connectivity index (χ1) is 10.8. The Hall–Kier alpha value is -1.88. The zero-order valence-corrected chi connectivity index (χ0v) is 12.8. The molecule has 1 aromatic carbocycles. The zero-order chi connectivity index (χ0) is 14.9. The van der Waals surface area contributed by atoms with E-state index in [0.717, 1.165) is 35.6 Å². The summed E-state index contributed by atoms with van der Waals surface area (Å²) in [6.07, 6.45) is 6.06. The van der Waals surface area contributed by atoms with Gasteiger partial charge in [0.25, 0.3) is 0 Å². The highest BCUT2D eigenvalue weighted by atomic mass is 15.3. The van der Waals surface area contributed by atoms with Crippen LogP contribution < -0.4 is 16.0 Å². The van der Waals surface area contributed by atoms with E-state index in [0.29, 0.717) is 18.6 Å². The first kappa shape index (κ1) is 13.8. The molecule has 116 valence electrons. The molecule has 22 heavy (non-hydrogen) atoms. The maximum absolute atomic E-state index is 6.00. The van der Waals surface area contributed by atoms with E-state index in [4.69, 9.17) is 15.7 Å². The molecular formula is C17H23N5. The van der Waals surface area contributed by atoms with Gasteiger partial charge in [-0.25, -0.2) is 9.97 Å². The molecule has 2 aliphatic rings. The SMILES string of the molecule is NC[C@H]1CCCCN1c1nc2ccccc2nc1NC1CC1. The first-order valence-corrected chi connectivity index (χ1v) is 8.35. The normalized spacial score (nSPS) is 22.0. The van der Waals surface area contributed by atoms with E-state index in [1.807, 2.05) is 24.3 Å². The van der Waals surface area contributed by atoms with E-state index in [1.165, 1.54) is 25.7 Å². The quantitative estimate of drug-likeness (QED) is 0.907. The number of anilines is 2. The van der Waals surface area contributed by atoms with E-state index < -0.39 is 0 Å². The molecule has 3 N–H and O–H groups in total. The molecule has 0 radical (unpaired) electrons. The van der Waals surface area contributed by atoms with E-state index in [-0.39, 0.29) is 0 Å². The lowest BCUT2D eigenvalue weighted by Crippen LogP contribution is -2.45. The van der Waals surface area contributed by atoms with Gasteiger partial charge in [-0.2, -0.15) is 0 Å². The van der Waals surface area contributed by atoms with Crippen molar-refractivity contribution in [2.45, 2.75) is 44.2 Å². The number of hydrogen-bond donors (Lipinski definition) is 2. The van der Waals surface area contributed by atoms with Crippen LogP contribution >= 0.6 is 0 Å². The van der Waals surface area contributed by atoms with E-state index in [2.05, 4.69) is 10.2 Å². The standard InChI is InChI=1S/C17H23N5/c18-11-13-5-3-4-10-22(13)17-16(19-12-8-9-12)20-14-6-1-2-7-15(14)21-17/h1-2,6-7,12-13H,3-5,8-11,18H2,(H,19,20)/t13-/m1/s1. The highest BCUT2D eigenvalue weighted by Crippen LogP contribution is 2.33. The van der Waals surface area contributed by atoms with E-state index in [9.17, 15) is 0 Å². The number of fused-ring (bicyclic) bond motifs is 1. The van der Waals surface area contributed by atoms with E-state index >= 15 is 0 Å². The molecule has 0 unspecified atom stereocenters. The Balaban J connectivity index is 1.78. The summed E-state index contributed by atoms with van der Waals surface area (Å²) in [5.41, 5.74) is 7.91. The summed E-state index contributed by atoms with van der Waals surface area (Å²) in [6, 6.07) is 9.04. The highest BCUT2D eigenvalue weighted by molar-refractivity contribution is 5.80. The summed E-state index contributed by atoms with van der Waals surface area (Å²) in [5.74, 6) is 1.92. The highest BCUT2D eigenvalue weighted by Gasteiger charge is 2.28. The fraction of sp³-hybridized carbons (Fsp3) is 0.529. The van der Waals surface area contributed by atoms with Gasteiger partial charge in [0.1, 0.15) is 0 Å². The lowest BCUT2D eigenvalue weighted by Gasteiger charge is -2.36. The average Bonchev–Trinajstić information content (AvgIpc) is 3.38. The van der Waals surface area contributed by atoms with Crippen molar-refractivity contribution >= 4 is 22.7 Å². The fourth-order valence-corrected chi connectivity index (χ4v) is 3.23. The molecule has 4 rings (SSSR count). The number of hydrogen-bond acceptors (Lipinski definition) is 5. The summed E-state index contributed by atoms with van der Waals surface area (Å²) in [7, 11) is 0. The smallest absolute Gasteiger partial charge is 0.172 e. The average molecular weight is 297 g/mol. The Morgan fingerprint density at radius 1 is 1.09 bits per heavy atom. The largest absolute Gasteiger partial charge is 0.364 e. The molecule has 2 heterocycles. The van der Waals surface area contributed by atoms with Crippen LogP contribution in [0.3, 0.4) is 0 Å². The molecule has 1 saturated heterocycles. The van der Waals surface area contributed by atoms with Crippen molar-refractivity contribution in [2.75, 3.05) is 23.3 Å². The number of nitrogens with one attached hydrogen (secondary N) is 1. The van der Waals surface area contributed by atoms with Crippen molar-refractivity contribution < 1.29 is 0 Å². The van der Waals surface area contributed by atoms with Crippen LogP contribution in [0.1, 0.15) is 32.1 Å². The minimum Gasteiger partial charge on any atom is -0.364 e. The van der Waals surface area contributed by atoms with Crippen molar-refractivity contribution in [3.05, 3.63) is 24.3 Å². The molecule has 5 nitrogen and oxygen atoms in total. The Bertz CT molecular complexity index is 667. The molecule has 1 atom stereocenters. The molecule has 1 saturated carbocycles. The number of benzene rings is 1. The second kappa shape index (κ2) is 5.72. The Kier molecular flexibility index (Phi) is 3.58. The van der Waals surface area contributed by atoms with Gasteiger partial charge in [-0.1, -0.05) is 12.1 Å². The summed E-state index contributed by atoms with van der Waals surface area (Å²) in [5, 5.41) is 3.56. The van der Waals surface area contributed by atoms with Gasteiger partial charge in [0.15, 0.2) is 11.6 Å². The van der Waals surface area contributed by atoms with Gasteiger partial charge in [0.05, 0.1) is 11.0 Å². The molecule has 2 fully saturated rings. The maximum atomic E-state index is 6.00. The molecule has 5 heteroatoms. The van der Waals surface area contributed by atoms with Crippen LogP contribution in [0.5, 0.6) is 0 Å². The van der Waals surface area contributed by atoms with Crippen molar-refractivity contribution in [3.63, 3.8) is 0 Å². The number of piperidine rings is 1. The van der Waals surface area contributed by atoms with Crippen LogP contribution in [0.15, 0.2) is 24.3 Å². The van der Waals surface area contributed by atoms with Crippen LogP contribution in [0, 0.1) is 0 Å². The zero-order valence-electron chi connectivity index (χ0n) is 12.8. The number of nitrogens with two attached hydrogens (primary N) is 1. The third-order valence-corrected chi connectivity index (χ3v) is 4.64. The van der Waals surface area contributed by atoms with Crippen molar-refractivity contribution in [2.24, 2.45) is 5.73 Å². The van der Waals surface area contributed by atoms with Gasteiger partial charge in [-0.3, -0.25) is 0 Å². The van der Waals surface area contributed by atoms with Gasteiger partial charge >= 0.3 is 0 Å². The molecule has 2 aromatic rings. The second-order valence-corrected chi connectivity index (χ2v) is 6.38. The second-order valence-electron chi connectivity index (χ2n) is 6.38. The number of nitrogens with zero attached hydrogens (tertiary/aromatic N) is 3. The van der Waals surface area contributed by atoms with E-state index in [1.54, 1.807) is 0 Å². The molecule has 0 amide bonds. The van der Waals surface area contributed by atoms with Gasteiger partial charge in [-0.05, 0) is 44.2 Å². The molecule has 0 bridgehead atoms. The maximum Gasteiger partial charge on any atom is 0.172 e. The molecule has 1 aliphatic heterocycles. The minimum absolute atomic E-state index is 0.379. The third-order valence-electron chi connectivity index (χ3n) is 4.64. The Labute approximate surface area is 130 Å². The molecule has 1 aliphatic carbocycles. The summed E-state index contributed by atoms with van der Waals surface area (Å²) < 4.78 is 0. The minimum atomic E-state index is 0.379. The van der Waals surface area contributed by atoms with Gasteiger partial charge in [0.2, 0.25) is 0 Å². The summed E-state index contributed by atoms with van der Waals surface area (Å²) in [4.78, 5) is 12.1. The van der Waals surface area contributed by atoms with Gasteiger partial charge in [0, 0.05) is 25.2 Å². The number of rotatable bonds is 4. The van der Waals surface area contributed by atoms with Crippen LogP contribution in [0.4, 0.5) is 11.6 Å². The van der Waals surface area contributed by atoms with Crippen molar-refractivity contribution in [1.82, 2.24) is 9.97 Å². The van der Waals surface area contributed by atoms with Crippen LogP contribution in [-0.2, 0) is 0 Å². The van der Waals surface area contributed by atoms with Gasteiger partial charge < -0.3 is 16.0 Å². The van der Waals surface area contributed by atoms with Crippen molar-refractivity contribution in [1.29, 1.82) is 0 Å². The van der Waals surface area contributed by atoms with Crippen LogP contribution in [0.2, 0.25) is 0 Å². The predicted molar refractivity (Wildman–Crippen MR) is 90.2 cm³/mol. The first-order valence-electron chi connectivity index (χ1n) is 8.35. The summed E-state index contributed by atoms with van der Waals surface area (Å²) in [6.45, 7) is 1.70. The Morgan fingerprint density at radius 3 is 2.59 bits per heavy atom. The lowest BCUT2D eigenvalue weighted by atomic mass is 10.0. The number of aromatic nitrogens is 2. The van der Waals surface area contributed by atoms with Crippen LogP contribution in [0.25, 0.3) is 11.0 Å². The van der Waals surface area contributed by atoms with Crippen molar-refractivity contribution in [3.8, 4) is 0 Å². The molecule has 0 spiro atoms. The van der Waals surface area contributed by atoms with Crippen LogP contribution in [-0.4, -0.2) is 35.1 Å². The Morgan fingerprint density at radius 2 is 1.86 bits per heavy atom. The molecule has 1 aromatic heterocycles. The fourth-order valence-electron chi connectivity index (χ4n) is 3.23.